The molecular formula is C7H11NO2S. The molecule has 0 heterocycles. The van der Waals surface area contributed by atoms with Gasteiger partial charge in [-0.25, -0.2) is 0 Å². The number of hydrogen-bond acceptors (Lipinski definition) is 3. The van der Waals surface area contributed by atoms with Crippen molar-refractivity contribution in [3.63, 3.8) is 0 Å². The van der Waals surface area contributed by atoms with Crippen molar-refractivity contribution in [3.05, 3.63) is 12.3 Å². The molecule has 0 atom stereocenters. The summed E-state index contributed by atoms with van der Waals surface area (Å²) in [6.07, 6.45) is 2.83. The van der Waals surface area contributed by atoms with Crippen molar-refractivity contribution in [1.29, 1.82) is 0 Å². The molecule has 0 aromatic heterocycles. The first kappa shape index (κ1) is 10.1. The first-order valence-electron chi connectivity index (χ1n) is 3.09. The van der Waals surface area contributed by atoms with Crippen LogP contribution in [0.25, 0.3) is 0 Å². The molecule has 0 spiro atoms. The minimum atomic E-state index is -0.345. The Balaban J connectivity index is 3.75. The highest BCUT2D eigenvalue weighted by Gasteiger charge is 1.91. The number of rotatable bonds is 2. The SMILES string of the molecule is CC(=O)O/C=C/C(=S)N(C)C. The van der Waals surface area contributed by atoms with Gasteiger partial charge in [0.05, 0.1) is 6.26 Å². The Morgan fingerprint density at radius 1 is 1.55 bits per heavy atom. The molecule has 0 amide bonds. The number of nitrogens with zero attached hydrogens (tertiary/aromatic N) is 1. The van der Waals surface area contributed by atoms with E-state index in [4.69, 9.17) is 12.2 Å². The lowest BCUT2D eigenvalue weighted by Gasteiger charge is -2.08. The topological polar surface area (TPSA) is 29.5 Å². The minimum absolute atomic E-state index is 0.345. The zero-order chi connectivity index (χ0) is 8.85. The van der Waals surface area contributed by atoms with Gasteiger partial charge in [0, 0.05) is 27.1 Å². The first-order valence-corrected chi connectivity index (χ1v) is 3.50. The van der Waals surface area contributed by atoms with E-state index in [1.165, 1.54) is 13.2 Å². The first-order chi connectivity index (χ1) is 5.04. The molecule has 0 unspecified atom stereocenters. The molecule has 4 heteroatoms. The summed E-state index contributed by atoms with van der Waals surface area (Å²) in [6, 6.07) is 0. The Bertz CT molecular complexity index is 187. The van der Waals surface area contributed by atoms with E-state index >= 15 is 0 Å². The molecule has 0 saturated carbocycles. The predicted octanol–water partition coefficient (Wildman–Crippen LogP) is 0.952. The van der Waals surface area contributed by atoms with Crippen LogP contribution in [-0.2, 0) is 9.53 Å². The zero-order valence-corrected chi connectivity index (χ0v) is 7.64. The minimum Gasteiger partial charge on any atom is -0.435 e. The van der Waals surface area contributed by atoms with Crippen LogP contribution in [0.15, 0.2) is 12.3 Å². The monoisotopic (exact) mass is 173 g/mol. The molecule has 0 aliphatic heterocycles. The second kappa shape index (κ2) is 4.85. The van der Waals surface area contributed by atoms with Gasteiger partial charge in [-0.15, -0.1) is 0 Å². The molecular weight excluding hydrogens is 162 g/mol. The molecule has 0 rings (SSSR count). The molecule has 0 saturated heterocycles. The summed E-state index contributed by atoms with van der Waals surface area (Å²) in [7, 11) is 3.64. The van der Waals surface area contributed by atoms with Crippen LogP contribution in [0.5, 0.6) is 0 Å². The van der Waals surface area contributed by atoms with Gasteiger partial charge in [-0.1, -0.05) is 12.2 Å². The smallest absolute Gasteiger partial charge is 0.307 e. The maximum Gasteiger partial charge on any atom is 0.307 e. The highest BCUT2D eigenvalue weighted by Crippen LogP contribution is 1.87. The van der Waals surface area contributed by atoms with Crippen LogP contribution in [0.3, 0.4) is 0 Å². The number of thiocarbonyl (C=S) groups is 1. The van der Waals surface area contributed by atoms with Crippen molar-refractivity contribution in [2.75, 3.05) is 14.1 Å². The third kappa shape index (κ3) is 5.54. The van der Waals surface area contributed by atoms with Crippen LogP contribution >= 0.6 is 12.2 Å². The van der Waals surface area contributed by atoms with Crippen LogP contribution in [-0.4, -0.2) is 30.0 Å². The third-order valence-electron chi connectivity index (χ3n) is 0.885. The van der Waals surface area contributed by atoms with E-state index in [1.54, 1.807) is 11.0 Å². The van der Waals surface area contributed by atoms with Crippen molar-refractivity contribution in [3.8, 4) is 0 Å². The molecule has 0 aliphatic rings. The highest BCUT2D eigenvalue weighted by molar-refractivity contribution is 7.80. The van der Waals surface area contributed by atoms with E-state index in [2.05, 4.69) is 4.74 Å². The van der Waals surface area contributed by atoms with Crippen LogP contribution < -0.4 is 0 Å². The van der Waals surface area contributed by atoms with E-state index in [0.717, 1.165) is 0 Å². The molecule has 0 aromatic rings. The molecule has 0 aliphatic carbocycles. The molecule has 0 radical (unpaired) electrons. The average Bonchev–Trinajstić information content (AvgIpc) is 1.86. The fraction of sp³-hybridized carbons (Fsp3) is 0.429. The van der Waals surface area contributed by atoms with Gasteiger partial charge < -0.3 is 9.64 Å². The fourth-order valence-electron chi connectivity index (χ4n) is 0.337. The lowest BCUT2D eigenvalue weighted by molar-refractivity contribution is -0.135. The van der Waals surface area contributed by atoms with Gasteiger partial charge in [0.1, 0.15) is 4.99 Å². The number of ether oxygens (including phenoxy) is 1. The fourth-order valence-corrected chi connectivity index (χ4v) is 0.393. The summed E-state index contributed by atoms with van der Waals surface area (Å²) in [5, 5.41) is 0. The quantitative estimate of drug-likeness (QED) is 0.269. The van der Waals surface area contributed by atoms with Crippen molar-refractivity contribution < 1.29 is 9.53 Å². The Hall–Kier alpha value is -0.900. The maximum absolute atomic E-state index is 10.3. The molecule has 0 bridgehead atoms. The summed E-state index contributed by atoms with van der Waals surface area (Å²) >= 11 is 4.88. The number of esters is 1. The Morgan fingerprint density at radius 3 is 2.45 bits per heavy atom. The Labute approximate surface area is 71.6 Å². The average molecular weight is 173 g/mol. The highest BCUT2D eigenvalue weighted by atomic mass is 32.1. The van der Waals surface area contributed by atoms with Gasteiger partial charge in [-0.05, 0) is 0 Å². The van der Waals surface area contributed by atoms with Gasteiger partial charge in [-0.3, -0.25) is 4.79 Å². The van der Waals surface area contributed by atoms with Crippen LogP contribution in [0.1, 0.15) is 6.92 Å². The maximum atomic E-state index is 10.3. The van der Waals surface area contributed by atoms with Gasteiger partial charge in [-0.2, -0.15) is 0 Å². The molecule has 0 aromatic carbocycles. The van der Waals surface area contributed by atoms with Crippen LogP contribution in [0.4, 0.5) is 0 Å². The van der Waals surface area contributed by atoms with Crippen molar-refractivity contribution in [1.82, 2.24) is 4.90 Å². The molecule has 3 nitrogen and oxygen atoms in total. The molecule has 62 valence electrons. The van der Waals surface area contributed by atoms with E-state index in [9.17, 15) is 4.79 Å². The van der Waals surface area contributed by atoms with E-state index in [0.29, 0.717) is 4.99 Å². The number of carbonyl (C=O) groups is 1. The molecule has 0 fully saturated rings. The number of carbonyl (C=O) groups excluding carboxylic acids is 1. The lowest BCUT2D eigenvalue weighted by Crippen LogP contribution is -2.16. The van der Waals surface area contributed by atoms with E-state index < -0.39 is 0 Å². The number of hydrogen-bond donors (Lipinski definition) is 0. The molecule has 0 N–H and O–H groups in total. The van der Waals surface area contributed by atoms with Crippen molar-refractivity contribution in [2.45, 2.75) is 6.92 Å². The standard InChI is InChI=1S/C7H11NO2S/c1-6(9)10-5-4-7(11)8(2)3/h4-5H,1-3H3/b5-4+. The summed E-state index contributed by atoms with van der Waals surface area (Å²) in [5.74, 6) is -0.345. The second-order valence-electron chi connectivity index (χ2n) is 2.14. The van der Waals surface area contributed by atoms with Crippen LogP contribution in [0, 0.1) is 0 Å². The summed E-state index contributed by atoms with van der Waals surface area (Å²) in [6.45, 7) is 1.34. The van der Waals surface area contributed by atoms with Gasteiger partial charge in [0.25, 0.3) is 0 Å². The van der Waals surface area contributed by atoms with Crippen LogP contribution in [0.2, 0.25) is 0 Å². The van der Waals surface area contributed by atoms with Gasteiger partial charge in [0.2, 0.25) is 0 Å². The molecule has 11 heavy (non-hydrogen) atoms. The summed E-state index contributed by atoms with van der Waals surface area (Å²) in [5.41, 5.74) is 0. The normalized spacial score (nSPS) is 9.73. The van der Waals surface area contributed by atoms with E-state index in [1.807, 2.05) is 14.1 Å². The summed E-state index contributed by atoms with van der Waals surface area (Å²) < 4.78 is 4.53. The van der Waals surface area contributed by atoms with Crippen molar-refractivity contribution >= 4 is 23.2 Å². The van der Waals surface area contributed by atoms with E-state index in [-0.39, 0.29) is 5.97 Å². The van der Waals surface area contributed by atoms with Gasteiger partial charge >= 0.3 is 5.97 Å². The number of likely N-dealkylation sites (N-methyl/N-ethyl adjacent to an activating group) is 1. The predicted molar refractivity (Wildman–Crippen MR) is 47.2 cm³/mol. The van der Waals surface area contributed by atoms with Gasteiger partial charge in [0.15, 0.2) is 0 Å². The third-order valence-corrected chi connectivity index (χ3v) is 1.39. The Morgan fingerprint density at radius 2 is 2.09 bits per heavy atom. The zero-order valence-electron chi connectivity index (χ0n) is 6.83. The Kier molecular flexibility index (Phi) is 4.45. The second-order valence-corrected chi connectivity index (χ2v) is 2.56. The summed E-state index contributed by atoms with van der Waals surface area (Å²) in [4.78, 5) is 12.6. The van der Waals surface area contributed by atoms with Crippen molar-refractivity contribution in [2.24, 2.45) is 0 Å². The largest absolute Gasteiger partial charge is 0.435 e. The lowest BCUT2D eigenvalue weighted by atomic mass is 10.6.